The van der Waals surface area contributed by atoms with Gasteiger partial charge in [-0.1, -0.05) is 49.4 Å². The van der Waals surface area contributed by atoms with Gasteiger partial charge in [-0.15, -0.1) is 0 Å². The van der Waals surface area contributed by atoms with Gasteiger partial charge in [0.2, 0.25) is 5.91 Å². The van der Waals surface area contributed by atoms with Crippen LogP contribution in [-0.4, -0.2) is 64.2 Å². The van der Waals surface area contributed by atoms with Crippen molar-refractivity contribution in [3.63, 3.8) is 0 Å². The van der Waals surface area contributed by atoms with Crippen molar-refractivity contribution in [2.45, 2.75) is 52.1 Å². The van der Waals surface area contributed by atoms with Crippen molar-refractivity contribution in [3.05, 3.63) is 65.7 Å². The van der Waals surface area contributed by atoms with Crippen molar-refractivity contribution in [1.82, 2.24) is 4.90 Å². The van der Waals surface area contributed by atoms with Crippen LogP contribution in [0.3, 0.4) is 0 Å². The molecule has 0 atom stereocenters. The molecule has 1 heterocycles. The van der Waals surface area contributed by atoms with Gasteiger partial charge in [0.25, 0.3) is 0 Å². The number of nitrogens with zero attached hydrogens (tertiary/aromatic N) is 2. The van der Waals surface area contributed by atoms with Gasteiger partial charge in [0.1, 0.15) is 5.54 Å². The number of carboxylic acids is 2. The molecule has 0 aromatic heterocycles. The van der Waals surface area contributed by atoms with Crippen LogP contribution >= 0.6 is 0 Å². The maximum Gasteiger partial charge on any atom is 0.414 e. The van der Waals surface area contributed by atoms with E-state index in [4.69, 9.17) is 24.5 Å². The zero-order chi connectivity index (χ0) is 26.7. The van der Waals surface area contributed by atoms with E-state index in [1.165, 1.54) is 5.56 Å². The van der Waals surface area contributed by atoms with Gasteiger partial charge >= 0.3 is 17.9 Å². The molecule has 0 saturated carbocycles. The van der Waals surface area contributed by atoms with E-state index in [0.29, 0.717) is 25.9 Å². The van der Waals surface area contributed by atoms with Gasteiger partial charge in [0.05, 0.1) is 6.61 Å². The second-order valence-electron chi connectivity index (χ2n) is 8.55. The Kier molecular flexibility index (Phi) is 10.6. The zero-order valence-electron chi connectivity index (χ0n) is 21.0. The minimum absolute atomic E-state index is 0.0508. The van der Waals surface area contributed by atoms with E-state index in [1.807, 2.05) is 63.2 Å². The summed E-state index contributed by atoms with van der Waals surface area (Å²) in [6.07, 6.45) is 1.44. The Morgan fingerprint density at radius 3 is 2.06 bits per heavy atom. The van der Waals surface area contributed by atoms with Crippen molar-refractivity contribution < 1.29 is 34.1 Å². The van der Waals surface area contributed by atoms with E-state index in [-0.39, 0.29) is 11.9 Å². The number of hydrogen-bond donors (Lipinski definition) is 2. The van der Waals surface area contributed by atoms with Gasteiger partial charge in [0, 0.05) is 31.7 Å². The Labute approximate surface area is 211 Å². The summed E-state index contributed by atoms with van der Waals surface area (Å²) in [5.41, 5.74) is 2.11. The monoisotopic (exact) mass is 498 g/mol. The maximum absolute atomic E-state index is 13.3. The lowest BCUT2D eigenvalue weighted by molar-refractivity contribution is -0.159. The first-order valence-electron chi connectivity index (χ1n) is 11.9. The highest BCUT2D eigenvalue weighted by atomic mass is 16.5. The molecule has 194 valence electrons. The molecule has 1 amide bonds. The summed E-state index contributed by atoms with van der Waals surface area (Å²) in [4.78, 5) is 48.6. The summed E-state index contributed by atoms with van der Waals surface area (Å²) in [7, 11) is 0. The number of hydrogen-bond acceptors (Lipinski definition) is 6. The van der Waals surface area contributed by atoms with Crippen LogP contribution in [0, 0.1) is 6.92 Å². The van der Waals surface area contributed by atoms with E-state index in [1.54, 1.807) is 4.90 Å². The van der Waals surface area contributed by atoms with Crippen LogP contribution in [0.1, 0.15) is 44.2 Å². The third-order valence-corrected chi connectivity index (χ3v) is 6.01. The number of esters is 1. The Morgan fingerprint density at radius 2 is 1.56 bits per heavy atom. The first kappa shape index (κ1) is 28.5. The smallest absolute Gasteiger partial charge is 0.414 e. The highest BCUT2D eigenvalue weighted by Gasteiger charge is 2.50. The number of aryl methyl sites for hydroxylation is 1. The normalized spacial score (nSPS) is 14.6. The molecule has 2 N–H and O–H groups in total. The van der Waals surface area contributed by atoms with Crippen LogP contribution in [0.5, 0.6) is 0 Å². The van der Waals surface area contributed by atoms with Crippen molar-refractivity contribution in [2.24, 2.45) is 0 Å². The minimum Gasteiger partial charge on any atom is -0.473 e. The number of ether oxygens (including phenoxy) is 1. The number of benzene rings is 2. The fourth-order valence-electron chi connectivity index (χ4n) is 4.26. The van der Waals surface area contributed by atoms with Crippen LogP contribution in [-0.2, 0) is 30.5 Å². The fourth-order valence-corrected chi connectivity index (χ4v) is 4.26. The lowest BCUT2D eigenvalue weighted by Gasteiger charge is -2.46. The van der Waals surface area contributed by atoms with Crippen molar-refractivity contribution >= 4 is 29.5 Å². The Morgan fingerprint density at radius 1 is 0.944 bits per heavy atom. The van der Waals surface area contributed by atoms with Crippen LogP contribution < -0.4 is 4.90 Å². The molecule has 1 saturated heterocycles. The highest BCUT2D eigenvalue weighted by molar-refractivity contribution is 6.27. The fraction of sp³-hybridized carbons (Fsp3) is 0.407. The van der Waals surface area contributed by atoms with Gasteiger partial charge in [-0.25, -0.2) is 14.4 Å². The zero-order valence-corrected chi connectivity index (χ0v) is 21.0. The molecule has 0 aliphatic carbocycles. The molecule has 0 radical (unpaired) electrons. The molecule has 1 aliphatic heterocycles. The molecule has 2 aromatic rings. The molecule has 2 aromatic carbocycles. The average Bonchev–Trinajstić information content (AvgIpc) is 2.86. The van der Waals surface area contributed by atoms with E-state index in [2.05, 4.69) is 17.0 Å². The number of anilines is 1. The molecule has 1 fully saturated rings. The molecule has 9 heteroatoms. The quantitative estimate of drug-likeness (QED) is 0.439. The van der Waals surface area contributed by atoms with E-state index in [9.17, 15) is 9.59 Å². The maximum atomic E-state index is 13.3. The lowest BCUT2D eigenvalue weighted by Crippen LogP contribution is -2.62. The number of piperidine rings is 1. The minimum atomic E-state index is -1.82. The highest BCUT2D eigenvalue weighted by Crippen LogP contribution is 2.36. The number of rotatable bonds is 7. The predicted molar refractivity (Wildman–Crippen MR) is 135 cm³/mol. The lowest BCUT2D eigenvalue weighted by atomic mass is 9.84. The van der Waals surface area contributed by atoms with Crippen molar-refractivity contribution in [3.8, 4) is 0 Å². The predicted octanol–water partition coefficient (Wildman–Crippen LogP) is 3.49. The van der Waals surface area contributed by atoms with Gasteiger partial charge in [-0.3, -0.25) is 14.6 Å². The van der Waals surface area contributed by atoms with Crippen molar-refractivity contribution in [1.29, 1.82) is 0 Å². The Hall–Kier alpha value is -3.72. The van der Waals surface area contributed by atoms with Gasteiger partial charge in [-0.05, 0) is 49.9 Å². The average molecular weight is 499 g/mol. The molecule has 0 bridgehead atoms. The van der Waals surface area contributed by atoms with Gasteiger partial charge < -0.3 is 14.9 Å². The summed E-state index contributed by atoms with van der Waals surface area (Å²) in [5.74, 6) is -4.00. The first-order chi connectivity index (χ1) is 17.1. The molecular weight excluding hydrogens is 464 g/mol. The first-order valence-corrected chi connectivity index (χ1v) is 11.9. The molecule has 9 nitrogen and oxygen atoms in total. The molecule has 0 spiro atoms. The summed E-state index contributed by atoms with van der Waals surface area (Å²) in [6.45, 7) is 8.25. The summed E-state index contributed by atoms with van der Waals surface area (Å²) < 4.78 is 5.51. The third-order valence-electron chi connectivity index (χ3n) is 6.01. The molecule has 36 heavy (non-hydrogen) atoms. The van der Waals surface area contributed by atoms with Gasteiger partial charge in [0.15, 0.2) is 0 Å². The van der Waals surface area contributed by atoms with Gasteiger partial charge in [-0.2, -0.15) is 0 Å². The molecule has 1 aliphatic rings. The number of likely N-dealkylation sites (tertiary alicyclic amines) is 1. The van der Waals surface area contributed by atoms with Crippen LogP contribution in [0.4, 0.5) is 5.69 Å². The molecular formula is C27H34N2O7. The van der Waals surface area contributed by atoms with Crippen LogP contribution in [0.2, 0.25) is 0 Å². The molecule has 0 unspecified atom stereocenters. The van der Waals surface area contributed by atoms with Crippen molar-refractivity contribution in [2.75, 3.05) is 24.6 Å². The summed E-state index contributed by atoms with van der Waals surface area (Å²) in [6, 6.07) is 18.2. The number of aliphatic carboxylic acids is 2. The summed E-state index contributed by atoms with van der Waals surface area (Å²) in [5, 5.41) is 14.8. The summed E-state index contributed by atoms with van der Waals surface area (Å²) >= 11 is 0. The SMILES string of the molecule is CCOC(=O)C1(N(C(=O)CC)c2cccc(C)c2)CCN(Cc2ccccc2)CC1.O=C(O)C(=O)O. The third kappa shape index (κ3) is 7.39. The second kappa shape index (κ2) is 13.4. The Balaban J connectivity index is 0.000000678. The van der Waals surface area contributed by atoms with Crippen LogP contribution in [0.25, 0.3) is 0 Å². The van der Waals surface area contributed by atoms with E-state index in [0.717, 1.165) is 30.9 Å². The van der Waals surface area contributed by atoms with Crippen LogP contribution in [0.15, 0.2) is 54.6 Å². The topological polar surface area (TPSA) is 124 Å². The largest absolute Gasteiger partial charge is 0.473 e. The Bertz CT molecular complexity index is 1040. The van der Waals surface area contributed by atoms with E-state index >= 15 is 0 Å². The molecule has 3 rings (SSSR count). The number of carbonyl (C=O) groups excluding carboxylic acids is 2. The standard InChI is InChI=1S/C25H32N2O3.C2H2O4/c1-4-23(28)27(22-13-9-10-20(3)18-22)25(24(29)30-5-2)14-16-26(17-15-25)19-21-11-7-6-8-12-21;3-1(4)2(5)6/h6-13,18H,4-5,14-17,19H2,1-3H3;(H,3,4)(H,5,6). The number of carbonyl (C=O) groups is 4. The number of carboxylic acid groups (broad SMARTS) is 2. The second-order valence-corrected chi connectivity index (χ2v) is 8.55. The number of amides is 1. The van der Waals surface area contributed by atoms with E-state index < -0.39 is 17.5 Å².